The minimum Gasteiger partial charge on any atom is -0.494 e. The molecule has 0 atom stereocenters. The molecule has 1 aromatic carbocycles. The van der Waals surface area contributed by atoms with E-state index in [1.165, 1.54) is 0 Å². The molecule has 0 fully saturated rings. The van der Waals surface area contributed by atoms with Gasteiger partial charge in [-0.1, -0.05) is 36.4 Å². The Bertz CT molecular complexity index is 729. The molecule has 0 N–H and O–H groups in total. The summed E-state index contributed by atoms with van der Waals surface area (Å²) in [7, 11) is 1.58. The second-order valence-corrected chi connectivity index (χ2v) is 4.25. The van der Waals surface area contributed by atoms with E-state index in [1.54, 1.807) is 7.11 Å². The first-order chi connectivity index (χ1) is 9.31. The van der Waals surface area contributed by atoms with E-state index >= 15 is 0 Å². The zero-order chi connectivity index (χ0) is 13.2. The van der Waals surface area contributed by atoms with Gasteiger partial charge in [0.05, 0.1) is 7.11 Å². The maximum atomic E-state index is 12.6. The van der Waals surface area contributed by atoms with Crippen molar-refractivity contribution in [1.29, 1.82) is 0 Å². The molecule has 3 nitrogen and oxygen atoms in total. The lowest BCUT2D eigenvalue weighted by Crippen LogP contribution is -2.06. The molecule has 0 amide bonds. The highest BCUT2D eigenvalue weighted by Crippen LogP contribution is 2.26. The Morgan fingerprint density at radius 3 is 2.53 bits per heavy atom. The van der Waals surface area contributed by atoms with Gasteiger partial charge in [0.2, 0.25) is 5.78 Å². The number of fused-ring (bicyclic) bond motifs is 1. The van der Waals surface area contributed by atoms with Crippen LogP contribution in [0.15, 0.2) is 60.8 Å². The molecule has 0 aliphatic carbocycles. The smallest absolute Gasteiger partial charge is 0.213 e. The van der Waals surface area contributed by atoms with Crippen molar-refractivity contribution in [3.63, 3.8) is 0 Å². The molecule has 2 heterocycles. The van der Waals surface area contributed by atoms with Gasteiger partial charge in [0.15, 0.2) is 0 Å². The van der Waals surface area contributed by atoms with E-state index in [-0.39, 0.29) is 5.78 Å². The van der Waals surface area contributed by atoms with Gasteiger partial charge in [-0.05, 0) is 12.1 Å². The van der Waals surface area contributed by atoms with Crippen LogP contribution in [0.5, 0.6) is 5.75 Å². The van der Waals surface area contributed by atoms with E-state index in [1.807, 2.05) is 65.2 Å². The number of rotatable bonds is 3. The number of nitrogens with zero attached hydrogens (tertiary/aromatic N) is 1. The minimum atomic E-state index is -0.0383. The number of carbonyl (C=O) groups is 1. The molecule has 0 saturated carbocycles. The van der Waals surface area contributed by atoms with Crippen molar-refractivity contribution in [2.75, 3.05) is 7.11 Å². The van der Waals surface area contributed by atoms with Crippen LogP contribution < -0.4 is 4.74 Å². The molecule has 3 heteroatoms. The molecule has 0 bridgehead atoms. The summed E-state index contributed by atoms with van der Waals surface area (Å²) in [4.78, 5) is 12.6. The third-order valence-corrected chi connectivity index (χ3v) is 3.12. The Kier molecular flexibility index (Phi) is 2.80. The largest absolute Gasteiger partial charge is 0.494 e. The van der Waals surface area contributed by atoms with Crippen LogP contribution in [0.25, 0.3) is 5.52 Å². The van der Waals surface area contributed by atoms with Crippen LogP contribution in [0.3, 0.4) is 0 Å². The molecule has 0 radical (unpaired) electrons. The zero-order valence-corrected chi connectivity index (χ0v) is 10.5. The van der Waals surface area contributed by atoms with Crippen LogP contribution in [0.2, 0.25) is 0 Å². The third-order valence-electron chi connectivity index (χ3n) is 3.12. The highest BCUT2D eigenvalue weighted by Gasteiger charge is 2.19. The number of carbonyl (C=O) groups excluding carboxylic acids is 1. The van der Waals surface area contributed by atoms with Crippen LogP contribution >= 0.6 is 0 Å². The molecule has 3 aromatic rings. The van der Waals surface area contributed by atoms with Crippen molar-refractivity contribution >= 4 is 11.3 Å². The van der Waals surface area contributed by atoms with Crippen molar-refractivity contribution in [1.82, 2.24) is 4.40 Å². The van der Waals surface area contributed by atoms with Crippen LogP contribution in [-0.2, 0) is 0 Å². The van der Waals surface area contributed by atoms with Crippen molar-refractivity contribution in [3.05, 3.63) is 72.1 Å². The average molecular weight is 251 g/mol. The van der Waals surface area contributed by atoms with E-state index in [4.69, 9.17) is 4.74 Å². The van der Waals surface area contributed by atoms with Crippen LogP contribution in [0.1, 0.15) is 16.1 Å². The van der Waals surface area contributed by atoms with Gasteiger partial charge in [0, 0.05) is 23.3 Å². The highest BCUT2D eigenvalue weighted by atomic mass is 16.5. The van der Waals surface area contributed by atoms with E-state index in [0.29, 0.717) is 17.0 Å². The van der Waals surface area contributed by atoms with Crippen molar-refractivity contribution in [3.8, 4) is 5.75 Å². The number of ketones is 1. The lowest BCUT2D eigenvalue weighted by Gasteiger charge is -2.05. The summed E-state index contributed by atoms with van der Waals surface area (Å²) in [6.07, 6.45) is 1.87. The second-order valence-electron chi connectivity index (χ2n) is 4.25. The quantitative estimate of drug-likeness (QED) is 0.669. The number of hydrogen-bond acceptors (Lipinski definition) is 2. The summed E-state index contributed by atoms with van der Waals surface area (Å²) < 4.78 is 7.19. The van der Waals surface area contributed by atoms with Gasteiger partial charge in [-0.3, -0.25) is 4.79 Å². The summed E-state index contributed by atoms with van der Waals surface area (Å²) in [5, 5.41) is 0. The van der Waals surface area contributed by atoms with Gasteiger partial charge < -0.3 is 9.14 Å². The number of ether oxygens (including phenoxy) is 1. The zero-order valence-electron chi connectivity index (χ0n) is 10.5. The summed E-state index contributed by atoms with van der Waals surface area (Å²) in [5.74, 6) is 0.559. The molecule has 0 aliphatic heterocycles. The molecular weight excluding hydrogens is 238 g/mol. The summed E-state index contributed by atoms with van der Waals surface area (Å²) in [6.45, 7) is 0. The monoisotopic (exact) mass is 251 g/mol. The summed E-state index contributed by atoms with van der Waals surface area (Å²) in [5.41, 5.74) is 2.16. The first kappa shape index (κ1) is 11.5. The molecule has 0 spiro atoms. The summed E-state index contributed by atoms with van der Waals surface area (Å²) in [6, 6.07) is 16.9. The van der Waals surface area contributed by atoms with Crippen molar-refractivity contribution in [2.45, 2.75) is 0 Å². The molecule has 3 rings (SSSR count). The molecule has 19 heavy (non-hydrogen) atoms. The van der Waals surface area contributed by atoms with Gasteiger partial charge >= 0.3 is 0 Å². The predicted molar refractivity (Wildman–Crippen MR) is 73.8 cm³/mol. The van der Waals surface area contributed by atoms with Crippen LogP contribution in [0, 0.1) is 0 Å². The minimum absolute atomic E-state index is 0.0383. The molecule has 0 unspecified atom stereocenters. The Labute approximate surface area is 111 Å². The SMILES string of the molecule is COc1cc2ccccn2c1C(=O)c1ccccc1. The predicted octanol–water partition coefficient (Wildman–Crippen LogP) is 3.18. The molecule has 0 saturated heterocycles. The van der Waals surface area contributed by atoms with Gasteiger partial charge in [0.25, 0.3) is 0 Å². The first-order valence-corrected chi connectivity index (χ1v) is 6.05. The highest BCUT2D eigenvalue weighted by molar-refractivity contribution is 6.10. The van der Waals surface area contributed by atoms with Gasteiger partial charge in [-0.15, -0.1) is 0 Å². The maximum absolute atomic E-state index is 12.6. The lowest BCUT2D eigenvalue weighted by molar-refractivity contribution is 0.103. The Hall–Kier alpha value is -2.55. The average Bonchev–Trinajstić information content (AvgIpc) is 2.86. The van der Waals surface area contributed by atoms with Gasteiger partial charge in [-0.25, -0.2) is 0 Å². The van der Waals surface area contributed by atoms with Crippen LogP contribution in [-0.4, -0.2) is 17.3 Å². The van der Waals surface area contributed by atoms with E-state index in [9.17, 15) is 4.79 Å². The van der Waals surface area contributed by atoms with Gasteiger partial charge in [-0.2, -0.15) is 0 Å². The van der Waals surface area contributed by atoms with E-state index in [2.05, 4.69) is 0 Å². The lowest BCUT2D eigenvalue weighted by atomic mass is 10.1. The summed E-state index contributed by atoms with van der Waals surface area (Å²) >= 11 is 0. The maximum Gasteiger partial charge on any atom is 0.213 e. The number of hydrogen-bond donors (Lipinski definition) is 0. The normalized spacial score (nSPS) is 10.6. The molecular formula is C16H13NO2. The van der Waals surface area contributed by atoms with Crippen molar-refractivity contribution < 1.29 is 9.53 Å². The molecule has 94 valence electrons. The van der Waals surface area contributed by atoms with E-state index < -0.39 is 0 Å². The van der Waals surface area contributed by atoms with Crippen LogP contribution in [0.4, 0.5) is 0 Å². The molecule has 2 aromatic heterocycles. The van der Waals surface area contributed by atoms with Crippen molar-refractivity contribution in [2.24, 2.45) is 0 Å². The number of methoxy groups -OCH3 is 1. The fraction of sp³-hybridized carbons (Fsp3) is 0.0625. The number of aromatic nitrogens is 1. The Balaban J connectivity index is 2.21. The van der Waals surface area contributed by atoms with Gasteiger partial charge in [0.1, 0.15) is 11.4 Å². The Morgan fingerprint density at radius 1 is 1.05 bits per heavy atom. The third kappa shape index (κ3) is 1.89. The topological polar surface area (TPSA) is 30.7 Å². The van der Waals surface area contributed by atoms with E-state index in [0.717, 1.165) is 5.52 Å². The first-order valence-electron chi connectivity index (χ1n) is 6.05. The number of pyridine rings is 1. The fourth-order valence-electron chi connectivity index (χ4n) is 2.20. The standard InChI is InChI=1S/C16H13NO2/c1-19-14-11-13-9-5-6-10-17(13)15(14)16(18)12-7-3-2-4-8-12/h2-11H,1H3. The fourth-order valence-corrected chi connectivity index (χ4v) is 2.20. The Morgan fingerprint density at radius 2 is 1.79 bits per heavy atom. The second kappa shape index (κ2) is 4.61. The number of benzene rings is 1. The molecule has 0 aliphatic rings.